The molecule has 33 heavy (non-hydrogen) atoms. The molecule has 1 N–H and O–H groups in total. The lowest BCUT2D eigenvalue weighted by atomic mass is 10.1. The van der Waals surface area contributed by atoms with Crippen LogP contribution in [-0.4, -0.2) is 37.0 Å². The SMILES string of the molecule is COc1ccc(C(=O)NCc2ccc(-n3nc(C)cc3C)cc2C(F)(F)F)c(OC)c1OC. The molecule has 0 fully saturated rings. The number of amides is 1. The predicted molar refractivity (Wildman–Crippen MR) is 115 cm³/mol. The van der Waals surface area contributed by atoms with E-state index in [9.17, 15) is 18.0 Å². The van der Waals surface area contributed by atoms with Gasteiger partial charge in [-0.05, 0) is 49.7 Å². The minimum absolute atomic E-state index is 0.0828. The lowest BCUT2D eigenvalue weighted by molar-refractivity contribution is -0.138. The third kappa shape index (κ3) is 4.89. The lowest BCUT2D eigenvalue weighted by Gasteiger charge is -2.17. The van der Waals surface area contributed by atoms with Crippen molar-refractivity contribution in [1.29, 1.82) is 0 Å². The number of ether oxygens (including phenoxy) is 3. The first-order valence-electron chi connectivity index (χ1n) is 9.91. The highest BCUT2D eigenvalue weighted by Crippen LogP contribution is 2.40. The van der Waals surface area contributed by atoms with Crippen molar-refractivity contribution in [2.75, 3.05) is 21.3 Å². The number of hydrogen-bond donors (Lipinski definition) is 1. The zero-order valence-corrected chi connectivity index (χ0v) is 18.8. The highest BCUT2D eigenvalue weighted by molar-refractivity contribution is 5.98. The zero-order valence-electron chi connectivity index (χ0n) is 18.8. The number of nitrogens with zero attached hydrogens (tertiary/aromatic N) is 2. The molecule has 0 saturated carbocycles. The Labute approximate surface area is 189 Å². The number of carbonyl (C=O) groups excluding carboxylic acids is 1. The largest absolute Gasteiger partial charge is 0.493 e. The molecule has 176 valence electrons. The van der Waals surface area contributed by atoms with Crippen LogP contribution in [0.5, 0.6) is 17.2 Å². The maximum atomic E-state index is 13.8. The highest BCUT2D eigenvalue weighted by atomic mass is 19.4. The molecule has 0 saturated heterocycles. The van der Waals surface area contributed by atoms with Crippen molar-refractivity contribution in [2.45, 2.75) is 26.6 Å². The summed E-state index contributed by atoms with van der Waals surface area (Å²) in [7, 11) is 4.18. The minimum Gasteiger partial charge on any atom is -0.493 e. The van der Waals surface area contributed by atoms with Gasteiger partial charge in [0, 0.05) is 12.2 Å². The Hall–Kier alpha value is -3.69. The quantitative estimate of drug-likeness (QED) is 0.560. The van der Waals surface area contributed by atoms with Crippen LogP contribution in [0.2, 0.25) is 0 Å². The molecule has 0 unspecified atom stereocenters. The fraction of sp³-hybridized carbons (Fsp3) is 0.304. The van der Waals surface area contributed by atoms with Crippen molar-refractivity contribution in [3.63, 3.8) is 0 Å². The molecule has 0 aliphatic carbocycles. The van der Waals surface area contributed by atoms with Gasteiger partial charge in [-0.1, -0.05) is 6.07 Å². The van der Waals surface area contributed by atoms with Crippen molar-refractivity contribution < 1.29 is 32.2 Å². The second-order valence-corrected chi connectivity index (χ2v) is 7.24. The van der Waals surface area contributed by atoms with Crippen molar-refractivity contribution in [1.82, 2.24) is 15.1 Å². The molecule has 1 amide bonds. The van der Waals surface area contributed by atoms with E-state index in [1.807, 2.05) is 0 Å². The van der Waals surface area contributed by atoms with Crippen molar-refractivity contribution in [3.8, 4) is 22.9 Å². The number of hydrogen-bond acceptors (Lipinski definition) is 5. The Morgan fingerprint density at radius 2 is 1.70 bits per heavy atom. The first-order chi connectivity index (χ1) is 15.6. The number of benzene rings is 2. The number of halogens is 3. The number of aromatic nitrogens is 2. The molecule has 0 atom stereocenters. The average Bonchev–Trinajstić information content (AvgIpc) is 3.13. The van der Waals surface area contributed by atoms with Crippen LogP contribution in [-0.2, 0) is 12.7 Å². The van der Waals surface area contributed by atoms with Gasteiger partial charge < -0.3 is 19.5 Å². The Bertz CT molecular complexity index is 1170. The van der Waals surface area contributed by atoms with E-state index in [2.05, 4.69) is 10.4 Å². The third-order valence-electron chi connectivity index (χ3n) is 5.04. The number of aryl methyl sites for hydroxylation is 2. The van der Waals surface area contributed by atoms with Crippen molar-refractivity contribution >= 4 is 5.91 Å². The van der Waals surface area contributed by atoms with Gasteiger partial charge in [0.25, 0.3) is 5.91 Å². The summed E-state index contributed by atoms with van der Waals surface area (Å²) in [5.41, 5.74) is 0.851. The molecule has 0 radical (unpaired) electrons. The molecule has 0 bridgehead atoms. The van der Waals surface area contributed by atoms with Crippen LogP contribution in [0.4, 0.5) is 13.2 Å². The molecular weight excluding hydrogens is 439 g/mol. The second kappa shape index (κ2) is 9.43. The van der Waals surface area contributed by atoms with E-state index in [0.29, 0.717) is 17.1 Å². The highest BCUT2D eigenvalue weighted by Gasteiger charge is 2.34. The fourth-order valence-corrected chi connectivity index (χ4v) is 3.56. The van der Waals surface area contributed by atoms with Crippen molar-refractivity contribution in [3.05, 3.63) is 64.5 Å². The Morgan fingerprint density at radius 1 is 1.00 bits per heavy atom. The van der Waals surface area contributed by atoms with Gasteiger partial charge in [-0.25, -0.2) is 4.68 Å². The first-order valence-corrected chi connectivity index (χ1v) is 9.91. The second-order valence-electron chi connectivity index (χ2n) is 7.24. The van der Waals surface area contributed by atoms with Crippen LogP contribution in [0.25, 0.3) is 5.69 Å². The van der Waals surface area contributed by atoms with Gasteiger partial charge in [-0.15, -0.1) is 0 Å². The van der Waals surface area contributed by atoms with Gasteiger partial charge in [0.2, 0.25) is 5.75 Å². The molecule has 1 aromatic heterocycles. The Kier molecular flexibility index (Phi) is 6.85. The van der Waals surface area contributed by atoms with Gasteiger partial charge in [0.1, 0.15) is 0 Å². The Morgan fingerprint density at radius 3 is 2.24 bits per heavy atom. The van der Waals surface area contributed by atoms with E-state index in [1.54, 1.807) is 19.9 Å². The number of carbonyl (C=O) groups is 1. The molecular formula is C23H24F3N3O4. The topological polar surface area (TPSA) is 74.6 Å². The molecule has 2 aromatic carbocycles. The molecule has 3 rings (SSSR count). The molecule has 7 nitrogen and oxygen atoms in total. The maximum Gasteiger partial charge on any atom is 0.416 e. The molecule has 0 aliphatic heterocycles. The number of methoxy groups -OCH3 is 3. The van der Waals surface area contributed by atoms with E-state index in [1.165, 1.54) is 50.3 Å². The van der Waals surface area contributed by atoms with E-state index < -0.39 is 17.6 Å². The summed E-state index contributed by atoms with van der Waals surface area (Å²) in [6.45, 7) is 3.18. The lowest BCUT2D eigenvalue weighted by Crippen LogP contribution is -2.25. The number of alkyl halides is 3. The molecule has 10 heteroatoms. The summed E-state index contributed by atoms with van der Waals surface area (Å²) < 4.78 is 58.6. The maximum absolute atomic E-state index is 13.8. The predicted octanol–water partition coefficient (Wildman–Crippen LogP) is 4.46. The Balaban J connectivity index is 1.91. The molecule has 0 spiro atoms. The number of rotatable bonds is 7. The van der Waals surface area contributed by atoms with Crippen molar-refractivity contribution in [2.24, 2.45) is 0 Å². The summed E-state index contributed by atoms with van der Waals surface area (Å²) in [6.07, 6.45) is -4.62. The van der Waals surface area contributed by atoms with Crippen LogP contribution >= 0.6 is 0 Å². The van der Waals surface area contributed by atoms with Crippen LogP contribution in [0.3, 0.4) is 0 Å². The van der Waals surface area contributed by atoms with E-state index >= 15 is 0 Å². The van der Waals surface area contributed by atoms with Gasteiger partial charge in [0.15, 0.2) is 11.5 Å². The normalized spacial score (nSPS) is 11.3. The summed E-state index contributed by atoms with van der Waals surface area (Å²) in [6, 6.07) is 8.64. The monoisotopic (exact) mass is 463 g/mol. The van der Waals surface area contributed by atoms with Crippen LogP contribution in [0.15, 0.2) is 36.4 Å². The summed E-state index contributed by atoms with van der Waals surface area (Å²) in [5, 5.41) is 6.77. The van der Waals surface area contributed by atoms with Crippen LogP contribution in [0.1, 0.15) is 32.9 Å². The first kappa shape index (κ1) is 24.0. The van der Waals surface area contributed by atoms with Gasteiger partial charge in [-0.3, -0.25) is 4.79 Å². The third-order valence-corrected chi connectivity index (χ3v) is 5.04. The van der Waals surface area contributed by atoms with Gasteiger partial charge in [0.05, 0.1) is 43.8 Å². The van der Waals surface area contributed by atoms with E-state index in [-0.39, 0.29) is 34.9 Å². The summed E-state index contributed by atoms with van der Waals surface area (Å²) in [5.74, 6) is 0.0525. The average molecular weight is 463 g/mol. The summed E-state index contributed by atoms with van der Waals surface area (Å²) in [4.78, 5) is 12.8. The van der Waals surface area contributed by atoms with E-state index in [4.69, 9.17) is 14.2 Å². The number of nitrogens with one attached hydrogen (secondary N) is 1. The summed E-state index contributed by atoms with van der Waals surface area (Å²) >= 11 is 0. The fourth-order valence-electron chi connectivity index (χ4n) is 3.56. The smallest absolute Gasteiger partial charge is 0.416 e. The standard InChI is InChI=1S/C23H24F3N3O4/c1-13-10-14(2)29(28-13)16-7-6-15(18(11-16)23(24,25)26)12-27-22(30)17-8-9-19(31-3)21(33-5)20(17)32-4/h6-11H,12H2,1-5H3,(H,27,30). The van der Waals surface area contributed by atoms with Crippen LogP contribution < -0.4 is 19.5 Å². The van der Waals surface area contributed by atoms with Gasteiger partial charge in [-0.2, -0.15) is 18.3 Å². The zero-order chi connectivity index (χ0) is 24.3. The minimum atomic E-state index is -4.62. The molecule has 0 aliphatic rings. The van der Waals surface area contributed by atoms with Crippen LogP contribution in [0, 0.1) is 13.8 Å². The van der Waals surface area contributed by atoms with Gasteiger partial charge >= 0.3 is 6.18 Å². The molecule has 3 aromatic rings. The molecule has 1 heterocycles. The van der Waals surface area contributed by atoms with E-state index in [0.717, 1.165) is 6.07 Å².